The summed E-state index contributed by atoms with van der Waals surface area (Å²) in [7, 11) is 0. The van der Waals surface area contributed by atoms with Crippen molar-refractivity contribution in [3.05, 3.63) is 0 Å². The number of piperazine rings is 1. The summed E-state index contributed by atoms with van der Waals surface area (Å²) < 4.78 is 0. The van der Waals surface area contributed by atoms with E-state index in [2.05, 4.69) is 23.6 Å². The lowest BCUT2D eigenvalue weighted by Crippen LogP contribution is -2.53. The van der Waals surface area contributed by atoms with Crippen molar-refractivity contribution in [1.82, 2.24) is 9.80 Å². The molecule has 1 amide bonds. The van der Waals surface area contributed by atoms with Gasteiger partial charge in [-0.1, -0.05) is 13.3 Å². The van der Waals surface area contributed by atoms with Crippen LogP contribution in [0.25, 0.3) is 0 Å². The Labute approximate surface area is 115 Å². The molecule has 0 aromatic rings. The maximum atomic E-state index is 12.1. The minimum atomic E-state index is 0.365. The number of thioether (sulfide) groups is 1. The summed E-state index contributed by atoms with van der Waals surface area (Å²) in [6.45, 7) is 8.53. The highest BCUT2D eigenvalue weighted by Gasteiger charge is 2.31. The third-order valence-electron chi connectivity index (χ3n) is 4.27. The molecule has 2 fully saturated rings. The summed E-state index contributed by atoms with van der Waals surface area (Å²) in [5, 5.41) is 0. The molecule has 2 aliphatic rings. The summed E-state index contributed by atoms with van der Waals surface area (Å²) in [5.74, 6) is 3.21. The molecule has 1 saturated carbocycles. The molecule has 0 unspecified atom stereocenters. The van der Waals surface area contributed by atoms with E-state index in [1.807, 2.05) is 11.8 Å². The average Bonchev–Trinajstić information content (AvgIpc) is 2.34. The molecule has 1 saturated heterocycles. The van der Waals surface area contributed by atoms with Crippen LogP contribution in [0.15, 0.2) is 0 Å². The fraction of sp³-hybridized carbons (Fsp3) is 0.929. The first-order valence-corrected chi connectivity index (χ1v) is 8.48. The molecule has 18 heavy (non-hydrogen) atoms. The first-order valence-electron chi connectivity index (χ1n) is 7.33. The van der Waals surface area contributed by atoms with Gasteiger partial charge >= 0.3 is 0 Å². The van der Waals surface area contributed by atoms with E-state index in [0.717, 1.165) is 39.0 Å². The Kier molecular flexibility index (Phi) is 5.37. The predicted molar refractivity (Wildman–Crippen MR) is 78.0 cm³/mol. The first kappa shape index (κ1) is 14.2. The molecule has 2 rings (SSSR count). The van der Waals surface area contributed by atoms with Gasteiger partial charge in [-0.25, -0.2) is 0 Å². The average molecular weight is 270 g/mol. The Morgan fingerprint density at radius 1 is 1.28 bits per heavy atom. The van der Waals surface area contributed by atoms with E-state index >= 15 is 0 Å². The highest BCUT2D eigenvalue weighted by Crippen LogP contribution is 2.28. The minimum absolute atomic E-state index is 0.365. The van der Waals surface area contributed by atoms with Crippen molar-refractivity contribution in [2.45, 2.75) is 39.2 Å². The number of amides is 1. The molecule has 0 bridgehead atoms. The van der Waals surface area contributed by atoms with Crippen LogP contribution in [0.3, 0.4) is 0 Å². The molecule has 4 heteroatoms. The standard InChI is InChI=1S/C14H26N2OS/c1-3-18-11-12(2)15-7-9-16(10-8-15)14(17)13-5-4-6-13/h12-13H,3-11H2,1-2H3/t12-/m1/s1. The van der Waals surface area contributed by atoms with Crippen LogP contribution in [0.2, 0.25) is 0 Å². The largest absolute Gasteiger partial charge is 0.340 e. The molecule has 1 atom stereocenters. The van der Waals surface area contributed by atoms with Crippen molar-refractivity contribution < 1.29 is 4.79 Å². The van der Waals surface area contributed by atoms with E-state index in [-0.39, 0.29) is 0 Å². The smallest absolute Gasteiger partial charge is 0.225 e. The topological polar surface area (TPSA) is 23.6 Å². The van der Waals surface area contributed by atoms with Gasteiger partial charge in [-0.3, -0.25) is 9.69 Å². The Bertz CT molecular complexity index is 273. The van der Waals surface area contributed by atoms with E-state index in [9.17, 15) is 4.79 Å². The Morgan fingerprint density at radius 3 is 2.44 bits per heavy atom. The molecular formula is C14H26N2OS. The SMILES string of the molecule is CCSC[C@@H](C)N1CCN(C(=O)C2CCC2)CC1. The van der Waals surface area contributed by atoms with Gasteiger partial charge in [0.2, 0.25) is 5.91 Å². The summed E-state index contributed by atoms with van der Waals surface area (Å²) in [6, 6.07) is 0.649. The molecule has 104 valence electrons. The van der Waals surface area contributed by atoms with Crippen LogP contribution in [0.1, 0.15) is 33.1 Å². The quantitative estimate of drug-likeness (QED) is 0.764. The van der Waals surface area contributed by atoms with Crippen LogP contribution in [0, 0.1) is 5.92 Å². The second-order valence-electron chi connectivity index (χ2n) is 5.50. The van der Waals surface area contributed by atoms with Gasteiger partial charge in [0.15, 0.2) is 0 Å². The van der Waals surface area contributed by atoms with E-state index < -0.39 is 0 Å². The van der Waals surface area contributed by atoms with Crippen LogP contribution < -0.4 is 0 Å². The van der Waals surface area contributed by atoms with Gasteiger partial charge in [-0.2, -0.15) is 11.8 Å². The predicted octanol–water partition coefficient (Wildman–Crippen LogP) is 2.07. The number of nitrogens with zero attached hydrogens (tertiary/aromatic N) is 2. The summed E-state index contributed by atoms with van der Waals surface area (Å²) in [5.41, 5.74) is 0. The van der Waals surface area contributed by atoms with Gasteiger partial charge in [0, 0.05) is 43.9 Å². The number of hydrogen-bond donors (Lipinski definition) is 0. The van der Waals surface area contributed by atoms with Crippen LogP contribution >= 0.6 is 11.8 Å². The lowest BCUT2D eigenvalue weighted by molar-refractivity contribution is -0.140. The van der Waals surface area contributed by atoms with E-state index in [0.29, 0.717) is 17.9 Å². The zero-order valence-corrected chi connectivity index (χ0v) is 12.5. The number of hydrogen-bond acceptors (Lipinski definition) is 3. The van der Waals surface area contributed by atoms with Crippen LogP contribution in [-0.4, -0.2) is 59.4 Å². The third kappa shape index (κ3) is 3.41. The van der Waals surface area contributed by atoms with Crippen molar-refractivity contribution in [3.8, 4) is 0 Å². The highest BCUT2D eigenvalue weighted by molar-refractivity contribution is 7.99. The molecule has 0 N–H and O–H groups in total. The van der Waals surface area contributed by atoms with Crippen molar-refractivity contribution in [2.75, 3.05) is 37.7 Å². The van der Waals surface area contributed by atoms with E-state index in [1.165, 1.54) is 17.9 Å². The minimum Gasteiger partial charge on any atom is -0.340 e. The van der Waals surface area contributed by atoms with Crippen molar-refractivity contribution in [1.29, 1.82) is 0 Å². The normalized spacial score (nSPS) is 23.8. The van der Waals surface area contributed by atoms with Gasteiger partial charge in [0.1, 0.15) is 0 Å². The number of carbonyl (C=O) groups is 1. The maximum absolute atomic E-state index is 12.1. The number of carbonyl (C=O) groups excluding carboxylic acids is 1. The second-order valence-corrected chi connectivity index (χ2v) is 6.82. The molecule has 1 heterocycles. The van der Waals surface area contributed by atoms with Gasteiger partial charge in [0.25, 0.3) is 0 Å². The molecular weight excluding hydrogens is 244 g/mol. The second kappa shape index (κ2) is 6.80. The molecule has 0 aromatic heterocycles. The third-order valence-corrected chi connectivity index (χ3v) is 5.39. The lowest BCUT2D eigenvalue weighted by Gasteiger charge is -2.40. The molecule has 1 aliphatic carbocycles. The van der Waals surface area contributed by atoms with Crippen LogP contribution in [0.5, 0.6) is 0 Å². The van der Waals surface area contributed by atoms with Crippen molar-refractivity contribution in [2.24, 2.45) is 5.92 Å². The van der Waals surface area contributed by atoms with E-state index in [4.69, 9.17) is 0 Å². The highest BCUT2D eigenvalue weighted by atomic mass is 32.2. The fourth-order valence-electron chi connectivity index (χ4n) is 2.69. The lowest BCUT2D eigenvalue weighted by atomic mass is 9.84. The van der Waals surface area contributed by atoms with Gasteiger partial charge in [-0.15, -0.1) is 0 Å². The number of rotatable bonds is 5. The van der Waals surface area contributed by atoms with Crippen molar-refractivity contribution >= 4 is 17.7 Å². The first-order chi connectivity index (χ1) is 8.72. The zero-order valence-electron chi connectivity index (χ0n) is 11.7. The van der Waals surface area contributed by atoms with Gasteiger partial charge in [-0.05, 0) is 25.5 Å². The Morgan fingerprint density at radius 2 is 1.94 bits per heavy atom. The Hall–Kier alpha value is -0.220. The maximum Gasteiger partial charge on any atom is 0.225 e. The molecule has 1 aliphatic heterocycles. The summed E-state index contributed by atoms with van der Waals surface area (Å²) >= 11 is 2.01. The summed E-state index contributed by atoms with van der Waals surface area (Å²) in [4.78, 5) is 16.8. The van der Waals surface area contributed by atoms with Crippen LogP contribution in [0.4, 0.5) is 0 Å². The molecule has 3 nitrogen and oxygen atoms in total. The zero-order chi connectivity index (χ0) is 13.0. The Balaban J connectivity index is 1.71. The molecule has 0 aromatic carbocycles. The van der Waals surface area contributed by atoms with Gasteiger partial charge < -0.3 is 4.90 Å². The van der Waals surface area contributed by atoms with Crippen LogP contribution in [-0.2, 0) is 4.79 Å². The van der Waals surface area contributed by atoms with E-state index in [1.54, 1.807) is 0 Å². The fourth-order valence-corrected chi connectivity index (χ4v) is 3.48. The monoisotopic (exact) mass is 270 g/mol. The van der Waals surface area contributed by atoms with Crippen molar-refractivity contribution in [3.63, 3.8) is 0 Å². The molecule has 0 spiro atoms. The molecule has 0 radical (unpaired) electrons. The summed E-state index contributed by atoms with van der Waals surface area (Å²) in [6.07, 6.45) is 3.51. The van der Waals surface area contributed by atoms with Gasteiger partial charge in [0.05, 0.1) is 0 Å².